The molecule has 1 saturated heterocycles. The van der Waals surface area contributed by atoms with Crippen LogP contribution in [0, 0.1) is 5.92 Å². The predicted octanol–water partition coefficient (Wildman–Crippen LogP) is 3.44. The first-order chi connectivity index (χ1) is 9.31. The van der Waals surface area contributed by atoms with Gasteiger partial charge in [-0.15, -0.1) is 0 Å². The highest BCUT2D eigenvalue weighted by molar-refractivity contribution is 5.74. The number of anilines is 2. The number of methoxy groups -OCH3 is 1. The zero-order chi connectivity index (χ0) is 13.2. The minimum Gasteiger partial charge on any atom is -0.495 e. The summed E-state index contributed by atoms with van der Waals surface area (Å²) in [5.74, 6) is 1.67. The van der Waals surface area contributed by atoms with Crippen LogP contribution < -0.4 is 15.4 Å². The van der Waals surface area contributed by atoms with Crippen LogP contribution in [0.15, 0.2) is 18.2 Å². The predicted molar refractivity (Wildman–Crippen MR) is 79.7 cm³/mol. The normalized spacial score (nSPS) is 24.1. The third-order valence-corrected chi connectivity index (χ3v) is 4.82. The highest BCUT2D eigenvalue weighted by Crippen LogP contribution is 2.41. The van der Waals surface area contributed by atoms with E-state index in [1.54, 1.807) is 7.11 Å². The standard InChI is InChI=1S/C16H24N2O/c1-19-15-10-4-8-14(16(15)17)18-11-5-9-13(18)12-6-2-3-7-12/h4,8,10,12-13H,2-3,5-7,9,11,17H2,1H3. The third-order valence-electron chi connectivity index (χ3n) is 4.82. The highest BCUT2D eigenvalue weighted by Gasteiger charge is 2.34. The Labute approximate surface area is 115 Å². The van der Waals surface area contributed by atoms with Gasteiger partial charge in [-0.2, -0.15) is 0 Å². The minimum atomic E-state index is 0.692. The average Bonchev–Trinajstić information content (AvgIpc) is 3.09. The summed E-state index contributed by atoms with van der Waals surface area (Å²) < 4.78 is 5.35. The minimum absolute atomic E-state index is 0.692. The molecule has 1 aliphatic heterocycles. The Bertz CT molecular complexity index is 440. The molecule has 2 fully saturated rings. The average molecular weight is 260 g/mol. The number of hydrogen-bond acceptors (Lipinski definition) is 3. The van der Waals surface area contributed by atoms with E-state index in [-0.39, 0.29) is 0 Å². The largest absolute Gasteiger partial charge is 0.495 e. The number of para-hydroxylation sites is 1. The van der Waals surface area contributed by atoms with E-state index in [0.717, 1.165) is 23.9 Å². The Morgan fingerprint density at radius 1 is 1.16 bits per heavy atom. The van der Waals surface area contributed by atoms with Crippen molar-refractivity contribution in [2.24, 2.45) is 5.92 Å². The summed E-state index contributed by atoms with van der Waals surface area (Å²) in [4.78, 5) is 2.54. The van der Waals surface area contributed by atoms with Gasteiger partial charge >= 0.3 is 0 Å². The van der Waals surface area contributed by atoms with E-state index >= 15 is 0 Å². The van der Waals surface area contributed by atoms with Crippen molar-refractivity contribution in [1.82, 2.24) is 0 Å². The van der Waals surface area contributed by atoms with E-state index in [1.807, 2.05) is 6.07 Å². The monoisotopic (exact) mass is 260 g/mol. The van der Waals surface area contributed by atoms with E-state index < -0.39 is 0 Å². The number of rotatable bonds is 3. The molecule has 0 spiro atoms. The number of nitrogens with zero attached hydrogens (tertiary/aromatic N) is 1. The van der Waals surface area contributed by atoms with Gasteiger partial charge in [0.25, 0.3) is 0 Å². The molecule has 104 valence electrons. The van der Waals surface area contributed by atoms with Gasteiger partial charge in [-0.1, -0.05) is 18.9 Å². The van der Waals surface area contributed by atoms with Crippen LogP contribution in [0.3, 0.4) is 0 Å². The molecule has 0 aromatic heterocycles. The molecule has 2 N–H and O–H groups in total. The van der Waals surface area contributed by atoms with Crippen molar-refractivity contribution in [2.75, 3.05) is 24.3 Å². The maximum Gasteiger partial charge on any atom is 0.143 e. The number of hydrogen-bond donors (Lipinski definition) is 1. The second-order valence-electron chi connectivity index (χ2n) is 5.84. The first-order valence-electron chi connectivity index (χ1n) is 7.50. The summed E-state index contributed by atoms with van der Waals surface area (Å²) in [6.07, 6.45) is 8.21. The zero-order valence-electron chi connectivity index (χ0n) is 11.8. The van der Waals surface area contributed by atoms with Gasteiger partial charge < -0.3 is 15.4 Å². The van der Waals surface area contributed by atoms with Crippen molar-refractivity contribution in [1.29, 1.82) is 0 Å². The third kappa shape index (κ3) is 2.26. The van der Waals surface area contributed by atoms with Crippen molar-refractivity contribution in [3.8, 4) is 5.75 Å². The van der Waals surface area contributed by atoms with Crippen LogP contribution in [-0.4, -0.2) is 19.7 Å². The number of nitrogens with two attached hydrogens (primary N) is 1. The molecule has 19 heavy (non-hydrogen) atoms. The summed E-state index contributed by atoms with van der Waals surface area (Å²) in [5, 5.41) is 0. The van der Waals surface area contributed by atoms with Crippen LogP contribution in [0.1, 0.15) is 38.5 Å². The number of benzene rings is 1. The molecule has 0 amide bonds. The molecule has 1 unspecified atom stereocenters. The Morgan fingerprint density at radius 3 is 2.68 bits per heavy atom. The molecule has 2 aliphatic rings. The molecule has 1 heterocycles. The van der Waals surface area contributed by atoms with Crippen LogP contribution in [0.2, 0.25) is 0 Å². The van der Waals surface area contributed by atoms with Crippen LogP contribution in [0.4, 0.5) is 11.4 Å². The van der Waals surface area contributed by atoms with Crippen molar-refractivity contribution >= 4 is 11.4 Å². The molecule has 0 radical (unpaired) electrons. The van der Waals surface area contributed by atoms with Crippen LogP contribution >= 0.6 is 0 Å². The first kappa shape index (κ1) is 12.6. The highest BCUT2D eigenvalue weighted by atomic mass is 16.5. The number of nitrogen functional groups attached to an aromatic ring is 1. The Morgan fingerprint density at radius 2 is 1.95 bits per heavy atom. The van der Waals surface area contributed by atoms with E-state index in [2.05, 4.69) is 17.0 Å². The maximum atomic E-state index is 6.27. The fraction of sp³-hybridized carbons (Fsp3) is 0.625. The molecule has 1 saturated carbocycles. The van der Waals surface area contributed by atoms with Crippen LogP contribution in [0.25, 0.3) is 0 Å². The van der Waals surface area contributed by atoms with E-state index in [0.29, 0.717) is 6.04 Å². The smallest absolute Gasteiger partial charge is 0.143 e. The quantitative estimate of drug-likeness (QED) is 0.846. The van der Waals surface area contributed by atoms with Gasteiger partial charge in [-0.05, 0) is 43.7 Å². The zero-order valence-corrected chi connectivity index (χ0v) is 11.8. The molecule has 1 aromatic carbocycles. The summed E-state index contributed by atoms with van der Waals surface area (Å²) in [5.41, 5.74) is 8.24. The van der Waals surface area contributed by atoms with Gasteiger partial charge in [0.05, 0.1) is 18.5 Å². The molecular weight excluding hydrogens is 236 g/mol. The lowest BCUT2D eigenvalue weighted by Crippen LogP contribution is -2.35. The summed E-state index contributed by atoms with van der Waals surface area (Å²) in [6.45, 7) is 1.14. The molecular formula is C16H24N2O. The van der Waals surface area contributed by atoms with E-state index in [1.165, 1.54) is 44.2 Å². The lowest BCUT2D eigenvalue weighted by atomic mass is 9.95. The lowest BCUT2D eigenvalue weighted by molar-refractivity contribution is 0.415. The lowest BCUT2D eigenvalue weighted by Gasteiger charge is -2.32. The molecule has 1 atom stereocenters. The number of ether oxygens (including phenoxy) is 1. The maximum absolute atomic E-state index is 6.27. The first-order valence-corrected chi connectivity index (χ1v) is 7.50. The van der Waals surface area contributed by atoms with Crippen molar-refractivity contribution in [3.63, 3.8) is 0 Å². The van der Waals surface area contributed by atoms with Crippen LogP contribution in [0.5, 0.6) is 5.75 Å². The Hall–Kier alpha value is -1.38. The molecule has 0 bridgehead atoms. The SMILES string of the molecule is COc1cccc(N2CCCC2C2CCCC2)c1N. The van der Waals surface area contributed by atoms with Gasteiger partial charge in [-0.25, -0.2) is 0 Å². The van der Waals surface area contributed by atoms with Gasteiger partial charge in [0, 0.05) is 12.6 Å². The summed E-state index contributed by atoms with van der Waals surface area (Å²) in [7, 11) is 1.69. The van der Waals surface area contributed by atoms with Crippen molar-refractivity contribution < 1.29 is 4.74 Å². The second-order valence-corrected chi connectivity index (χ2v) is 5.84. The molecule has 3 nitrogen and oxygen atoms in total. The van der Waals surface area contributed by atoms with Gasteiger partial charge in [0.1, 0.15) is 5.75 Å². The summed E-state index contributed by atoms with van der Waals surface area (Å²) in [6, 6.07) is 6.83. The second kappa shape index (κ2) is 5.32. The molecule has 1 aromatic rings. The Kier molecular flexibility index (Phi) is 3.54. The van der Waals surface area contributed by atoms with E-state index in [9.17, 15) is 0 Å². The fourth-order valence-corrected chi connectivity index (χ4v) is 3.88. The van der Waals surface area contributed by atoms with Gasteiger partial charge in [-0.3, -0.25) is 0 Å². The Balaban J connectivity index is 1.87. The molecule has 3 rings (SSSR count). The van der Waals surface area contributed by atoms with Crippen molar-refractivity contribution in [2.45, 2.75) is 44.6 Å². The molecule has 1 aliphatic carbocycles. The fourth-order valence-electron chi connectivity index (χ4n) is 3.88. The van der Waals surface area contributed by atoms with E-state index in [4.69, 9.17) is 10.5 Å². The van der Waals surface area contributed by atoms with Crippen LogP contribution in [-0.2, 0) is 0 Å². The summed E-state index contributed by atoms with van der Waals surface area (Å²) >= 11 is 0. The van der Waals surface area contributed by atoms with Gasteiger partial charge in [0.15, 0.2) is 0 Å². The van der Waals surface area contributed by atoms with Gasteiger partial charge in [0.2, 0.25) is 0 Å². The topological polar surface area (TPSA) is 38.5 Å². The molecule has 3 heteroatoms. The van der Waals surface area contributed by atoms with Crippen molar-refractivity contribution in [3.05, 3.63) is 18.2 Å².